The Balaban J connectivity index is 2.31. The molecule has 1 aromatic carbocycles. The first-order chi connectivity index (χ1) is 8.04. The third-order valence-corrected chi connectivity index (χ3v) is 2.89. The number of hydrogen-bond acceptors (Lipinski definition) is 3. The number of nitrogens with zero attached hydrogens (tertiary/aromatic N) is 2. The van der Waals surface area contributed by atoms with E-state index in [0.717, 1.165) is 15.7 Å². The van der Waals surface area contributed by atoms with Gasteiger partial charge in [-0.1, -0.05) is 6.07 Å². The molecule has 17 heavy (non-hydrogen) atoms. The third-order valence-electron chi connectivity index (χ3n) is 2.11. The Bertz CT molecular complexity index is 540. The van der Waals surface area contributed by atoms with Crippen molar-refractivity contribution < 1.29 is 4.74 Å². The van der Waals surface area contributed by atoms with E-state index in [1.165, 1.54) is 0 Å². The van der Waals surface area contributed by atoms with Crippen LogP contribution >= 0.6 is 27.5 Å². The lowest BCUT2D eigenvalue weighted by Gasteiger charge is -2.08. The molecule has 0 amide bonds. The highest BCUT2D eigenvalue weighted by Gasteiger charge is 2.06. The van der Waals surface area contributed by atoms with Gasteiger partial charge in [0.15, 0.2) is 0 Å². The van der Waals surface area contributed by atoms with Crippen molar-refractivity contribution >= 4 is 27.5 Å². The average molecular weight is 314 g/mol. The molecule has 2 aromatic rings. The molecule has 3 nitrogen and oxygen atoms in total. The fourth-order valence-electron chi connectivity index (χ4n) is 1.36. The van der Waals surface area contributed by atoms with Crippen LogP contribution in [0.5, 0.6) is 11.6 Å². The summed E-state index contributed by atoms with van der Waals surface area (Å²) in [7, 11) is 0. The van der Waals surface area contributed by atoms with E-state index in [4.69, 9.17) is 16.3 Å². The van der Waals surface area contributed by atoms with Crippen molar-refractivity contribution in [2.45, 2.75) is 13.8 Å². The number of aryl methyl sites for hydroxylation is 2. The molecule has 2 rings (SSSR count). The van der Waals surface area contributed by atoms with Gasteiger partial charge >= 0.3 is 0 Å². The van der Waals surface area contributed by atoms with Crippen LogP contribution in [-0.4, -0.2) is 9.97 Å². The molecule has 0 N–H and O–H groups in total. The van der Waals surface area contributed by atoms with E-state index in [0.29, 0.717) is 11.6 Å². The average Bonchev–Trinajstić information content (AvgIpc) is 2.21. The Morgan fingerprint density at radius 1 is 1.18 bits per heavy atom. The highest BCUT2D eigenvalue weighted by molar-refractivity contribution is 9.10. The summed E-state index contributed by atoms with van der Waals surface area (Å²) in [5, 5.41) is 0.184. The van der Waals surface area contributed by atoms with Crippen molar-refractivity contribution in [3.63, 3.8) is 0 Å². The molecule has 0 atom stereocenters. The standard InChI is InChI=1S/C12H10BrClN2O/c1-7-3-4-10(9(13)5-7)17-11-6-8(2)15-12(14)16-11/h3-6H,1-2H3. The molecule has 0 aliphatic heterocycles. The Morgan fingerprint density at radius 3 is 2.59 bits per heavy atom. The van der Waals surface area contributed by atoms with Crippen LogP contribution in [-0.2, 0) is 0 Å². The Labute approximate surface area is 113 Å². The second-order valence-electron chi connectivity index (χ2n) is 3.65. The molecule has 0 unspecified atom stereocenters. The van der Waals surface area contributed by atoms with Gasteiger partial charge in [-0.2, -0.15) is 4.98 Å². The predicted octanol–water partition coefficient (Wildman–Crippen LogP) is 4.30. The van der Waals surface area contributed by atoms with Crippen LogP contribution in [0, 0.1) is 13.8 Å². The van der Waals surface area contributed by atoms with E-state index in [1.54, 1.807) is 6.07 Å². The number of halogens is 2. The summed E-state index contributed by atoms with van der Waals surface area (Å²) in [6, 6.07) is 7.56. The van der Waals surface area contributed by atoms with Crippen molar-refractivity contribution in [3.05, 3.63) is 45.3 Å². The maximum atomic E-state index is 5.77. The van der Waals surface area contributed by atoms with Gasteiger partial charge in [-0.25, -0.2) is 4.98 Å². The van der Waals surface area contributed by atoms with Crippen molar-refractivity contribution in [2.75, 3.05) is 0 Å². The zero-order valence-corrected chi connectivity index (χ0v) is 11.7. The summed E-state index contributed by atoms with van der Waals surface area (Å²) in [4.78, 5) is 7.98. The Hall–Kier alpha value is -1.13. The number of benzene rings is 1. The monoisotopic (exact) mass is 312 g/mol. The van der Waals surface area contributed by atoms with E-state index >= 15 is 0 Å². The molecule has 0 radical (unpaired) electrons. The van der Waals surface area contributed by atoms with Gasteiger partial charge in [0.05, 0.1) is 4.47 Å². The van der Waals surface area contributed by atoms with Gasteiger partial charge in [-0.3, -0.25) is 0 Å². The zero-order valence-electron chi connectivity index (χ0n) is 9.37. The van der Waals surface area contributed by atoms with Gasteiger partial charge < -0.3 is 4.74 Å². The molecule has 1 heterocycles. The number of ether oxygens (including phenoxy) is 1. The minimum Gasteiger partial charge on any atom is -0.438 e. The minimum atomic E-state index is 0.184. The summed E-state index contributed by atoms with van der Waals surface area (Å²) >= 11 is 9.21. The molecular weight excluding hydrogens is 304 g/mol. The minimum absolute atomic E-state index is 0.184. The van der Waals surface area contributed by atoms with E-state index in [1.807, 2.05) is 32.0 Å². The summed E-state index contributed by atoms with van der Waals surface area (Å²) in [6.45, 7) is 3.85. The number of rotatable bonds is 2. The summed E-state index contributed by atoms with van der Waals surface area (Å²) < 4.78 is 6.52. The summed E-state index contributed by atoms with van der Waals surface area (Å²) in [5.74, 6) is 1.14. The van der Waals surface area contributed by atoms with E-state index in [-0.39, 0.29) is 5.28 Å². The SMILES string of the molecule is Cc1ccc(Oc2cc(C)nc(Cl)n2)c(Br)c1. The first kappa shape index (κ1) is 12.3. The van der Waals surface area contributed by atoms with Crippen molar-refractivity contribution in [1.29, 1.82) is 0 Å². The lowest BCUT2D eigenvalue weighted by atomic mass is 10.2. The van der Waals surface area contributed by atoms with E-state index < -0.39 is 0 Å². The largest absolute Gasteiger partial charge is 0.438 e. The van der Waals surface area contributed by atoms with Crippen LogP contribution in [0.25, 0.3) is 0 Å². The second-order valence-corrected chi connectivity index (χ2v) is 4.84. The zero-order chi connectivity index (χ0) is 12.4. The van der Waals surface area contributed by atoms with E-state index in [9.17, 15) is 0 Å². The van der Waals surface area contributed by atoms with Gasteiger partial charge in [0, 0.05) is 11.8 Å². The second kappa shape index (κ2) is 5.02. The van der Waals surface area contributed by atoms with Crippen LogP contribution in [0.2, 0.25) is 5.28 Å². The normalized spacial score (nSPS) is 10.4. The van der Waals surface area contributed by atoms with Gasteiger partial charge in [-0.15, -0.1) is 0 Å². The fraction of sp³-hybridized carbons (Fsp3) is 0.167. The molecule has 0 saturated carbocycles. The predicted molar refractivity (Wildman–Crippen MR) is 70.7 cm³/mol. The first-order valence-corrected chi connectivity index (χ1v) is 6.17. The molecule has 1 aromatic heterocycles. The van der Waals surface area contributed by atoms with E-state index in [2.05, 4.69) is 25.9 Å². The molecule has 0 spiro atoms. The highest BCUT2D eigenvalue weighted by Crippen LogP contribution is 2.29. The highest BCUT2D eigenvalue weighted by atomic mass is 79.9. The molecular formula is C12H10BrClN2O. The van der Waals surface area contributed by atoms with Crippen LogP contribution in [0.1, 0.15) is 11.3 Å². The smallest absolute Gasteiger partial charge is 0.225 e. The van der Waals surface area contributed by atoms with Crippen LogP contribution in [0.4, 0.5) is 0 Å². The molecule has 0 aliphatic rings. The Kier molecular flexibility index (Phi) is 3.64. The van der Waals surface area contributed by atoms with Gasteiger partial charge in [0.25, 0.3) is 0 Å². The van der Waals surface area contributed by atoms with Crippen LogP contribution in [0.15, 0.2) is 28.7 Å². The molecule has 0 fully saturated rings. The molecule has 88 valence electrons. The summed E-state index contributed by atoms with van der Waals surface area (Å²) in [6.07, 6.45) is 0. The maximum Gasteiger partial charge on any atom is 0.225 e. The van der Waals surface area contributed by atoms with Crippen LogP contribution < -0.4 is 4.74 Å². The maximum absolute atomic E-state index is 5.77. The molecule has 0 aliphatic carbocycles. The quantitative estimate of drug-likeness (QED) is 0.775. The lowest BCUT2D eigenvalue weighted by Crippen LogP contribution is -1.93. The van der Waals surface area contributed by atoms with Crippen molar-refractivity contribution in [3.8, 4) is 11.6 Å². The van der Waals surface area contributed by atoms with Gasteiger partial charge in [0.1, 0.15) is 5.75 Å². The Morgan fingerprint density at radius 2 is 1.94 bits per heavy atom. The summed E-state index contributed by atoms with van der Waals surface area (Å²) in [5.41, 5.74) is 1.92. The van der Waals surface area contributed by atoms with Gasteiger partial charge in [0.2, 0.25) is 11.2 Å². The molecule has 5 heteroatoms. The molecule has 0 bridgehead atoms. The lowest BCUT2D eigenvalue weighted by molar-refractivity contribution is 0.458. The third kappa shape index (κ3) is 3.17. The van der Waals surface area contributed by atoms with Crippen molar-refractivity contribution in [1.82, 2.24) is 9.97 Å². The number of hydrogen-bond donors (Lipinski definition) is 0. The number of aromatic nitrogens is 2. The van der Waals surface area contributed by atoms with Crippen LogP contribution in [0.3, 0.4) is 0 Å². The fourth-order valence-corrected chi connectivity index (χ4v) is 2.15. The van der Waals surface area contributed by atoms with Gasteiger partial charge in [-0.05, 0) is 59.1 Å². The first-order valence-electron chi connectivity index (χ1n) is 5.00. The molecule has 0 saturated heterocycles. The topological polar surface area (TPSA) is 35.0 Å². The van der Waals surface area contributed by atoms with Crippen molar-refractivity contribution in [2.24, 2.45) is 0 Å².